The number of primary amides is 1. The van der Waals surface area contributed by atoms with Crippen molar-refractivity contribution in [2.45, 2.75) is 40.2 Å². The average molecular weight is 375 g/mol. The number of imide groups is 1. The number of hydrogen-bond acceptors (Lipinski definition) is 5. The Morgan fingerprint density at radius 3 is 2.52 bits per heavy atom. The van der Waals surface area contributed by atoms with Crippen molar-refractivity contribution in [2.24, 2.45) is 17.6 Å². The first-order valence-corrected chi connectivity index (χ1v) is 8.79. The van der Waals surface area contributed by atoms with E-state index < -0.39 is 29.9 Å². The van der Waals surface area contributed by atoms with Crippen LogP contribution in [0.15, 0.2) is 18.2 Å². The third-order valence-corrected chi connectivity index (χ3v) is 4.68. The Kier molecular flexibility index (Phi) is 6.20. The monoisotopic (exact) mass is 375 g/mol. The molecule has 4 amide bonds. The topological polar surface area (TPSA) is 119 Å². The van der Waals surface area contributed by atoms with Crippen molar-refractivity contribution in [1.82, 2.24) is 5.32 Å². The molecule has 3 N–H and O–H groups in total. The Morgan fingerprint density at radius 1 is 1.26 bits per heavy atom. The molecule has 1 aromatic carbocycles. The van der Waals surface area contributed by atoms with Crippen molar-refractivity contribution < 1.29 is 23.9 Å². The van der Waals surface area contributed by atoms with Crippen LogP contribution in [-0.4, -0.2) is 36.5 Å². The summed E-state index contributed by atoms with van der Waals surface area (Å²) in [6.45, 7) is 7.42. The molecule has 8 heteroatoms. The maximum Gasteiger partial charge on any atom is 0.318 e. The molecule has 1 saturated heterocycles. The molecule has 27 heavy (non-hydrogen) atoms. The maximum absolute atomic E-state index is 12.5. The zero-order chi connectivity index (χ0) is 20.3. The Hall–Kier alpha value is -2.90. The van der Waals surface area contributed by atoms with Crippen LogP contribution in [0.2, 0.25) is 0 Å². The molecule has 1 fully saturated rings. The Bertz CT molecular complexity index is 775. The summed E-state index contributed by atoms with van der Waals surface area (Å²) < 4.78 is 5.31. The third kappa shape index (κ3) is 4.64. The standard InChI is InChI=1S/C19H25N3O5/c1-10(2)16(17(24)21-19(20)26)27-18(25)13-8-15(23)22(9-13)14-7-5-6-11(3)12(14)4/h5-7,10,13,16H,8-9H2,1-4H3,(H3,20,21,24,26)/t13-,16+/m1/s1. The van der Waals surface area contributed by atoms with Crippen molar-refractivity contribution in [1.29, 1.82) is 0 Å². The van der Waals surface area contributed by atoms with Crippen molar-refractivity contribution >= 4 is 29.5 Å². The van der Waals surface area contributed by atoms with Gasteiger partial charge < -0.3 is 15.4 Å². The predicted octanol–water partition coefficient (Wildman–Crippen LogP) is 1.42. The summed E-state index contributed by atoms with van der Waals surface area (Å²) in [5.74, 6) is -2.63. The molecule has 2 atom stereocenters. The average Bonchev–Trinajstić information content (AvgIpc) is 2.95. The van der Waals surface area contributed by atoms with E-state index in [9.17, 15) is 19.2 Å². The molecule has 0 radical (unpaired) electrons. The van der Waals surface area contributed by atoms with Gasteiger partial charge in [-0.2, -0.15) is 0 Å². The first kappa shape index (κ1) is 20.4. The van der Waals surface area contributed by atoms with Gasteiger partial charge in [0.2, 0.25) is 5.91 Å². The van der Waals surface area contributed by atoms with E-state index in [0.29, 0.717) is 0 Å². The number of amides is 4. The third-order valence-electron chi connectivity index (χ3n) is 4.68. The molecule has 0 aliphatic carbocycles. The van der Waals surface area contributed by atoms with E-state index >= 15 is 0 Å². The van der Waals surface area contributed by atoms with E-state index in [-0.39, 0.29) is 24.8 Å². The number of urea groups is 1. The fraction of sp³-hybridized carbons (Fsp3) is 0.474. The van der Waals surface area contributed by atoms with Crippen LogP contribution in [0.3, 0.4) is 0 Å². The minimum atomic E-state index is -1.16. The number of benzene rings is 1. The Morgan fingerprint density at radius 2 is 1.93 bits per heavy atom. The van der Waals surface area contributed by atoms with Gasteiger partial charge in [-0.05, 0) is 37.0 Å². The zero-order valence-corrected chi connectivity index (χ0v) is 15.9. The fourth-order valence-electron chi connectivity index (χ4n) is 3.03. The van der Waals surface area contributed by atoms with Gasteiger partial charge in [0.15, 0.2) is 6.10 Å². The molecule has 146 valence electrons. The lowest BCUT2D eigenvalue weighted by atomic mass is 10.1. The molecule has 1 heterocycles. The summed E-state index contributed by atoms with van der Waals surface area (Å²) >= 11 is 0. The largest absolute Gasteiger partial charge is 0.452 e. The number of rotatable bonds is 5. The molecule has 2 rings (SSSR count). The fourth-order valence-corrected chi connectivity index (χ4v) is 3.03. The lowest BCUT2D eigenvalue weighted by Gasteiger charge is -2.22. The van der Waals surface area contributed by atoms with Crippen molar-refractivity contribution in [3.05, 3.63) is 29.3 Å². The smallest absolute Gasteiger partial charge is 0.318 e. The van der Waals surface area contributed by atoms with Gasteiger partial charge in [0.05, 0.1) is 5.92 Å². The summed E-state index contributed by atoms with van der Waals surface area (Å²) in [6, 6.07) is 4.64. The molecule has 0 saturated carbocycles. The number of esters is 1. The molecule has 1 aliphatic rings. The highest BCUT2D eigenvalue weighted by Gasteiger charge is 2.39. The van der Waals surface area contributed by atoms with E-state index in [1.165, 1.54) is 0 Å². The number of nitrogens with two attached hydrogens (primary N) is 1. The number of nitrogens with zero attached hydrogens (tertiary/aromatic N) is 1. The van der Waals surface area contributed by atoms with Crippen LogP contribution in [0.4, 0.5) is 10.5 Å². The molecule has 0 bridgehead atoms. The molecule has 0 spiro atoms. The normalized spacial score (nSPS) is 17.7. The van der Waals surface area contributed by atoms with Crippen LogP contribution >= 0.6 is 0 Å². The SMILES string of the molecule is Cc1cccc(N2C[C@H](C(=O)O[C@H](C(=O)NC(N)=O)C(C)C)CC2=O)c1C. The number of carbonyl (C=O) groups excluding carboxylic acids is 4. The van der Waals surface area contributed by atoms with E-state index in [4.69, 9.17) is 10.5 Å². The van der Waals surface area contributed by atoms with Crippen molar-refractivity contribution in [3.8, 4) is 0 Å². The maximum atomic E-state index is 12.5. The highest BCUT2D eigenvalue weighted by atomic mass is 16.5. The highest BCUT2D eigenvalue weighted by Crippen LogP contribution is 2.30. The zero-order valence-electron chi connectivity index (χ0n) is 15.9. The van der Waals surface area contributed by atoms with Crippen LogP contribution < -0.4 is 16.0 Å². The van der Waals surface area contributed by atoms with E-state index in [2.05, 4.69) is 0 Å². The van der Waals surface area contributed by atoms with Crippen LogP contribution in [0, 0.1) is 25.7 Å². The minimum Gasteiger partial charge on any atom is -0.452 e. The van der Waals surface area contributed by atoms with Gasteiger partial charge in [-0.3, -0.25) is 19.7 Å². The van der Waals surface area contributed by atoms with Crippen LogP contribution in [0.5, 0.6) is 0 Å². The number of aryl methyl sites for hydroxylation is 1. The number of anilines is 1. The number of hydrogen-bond donors (Lipinski definition) is 2. The molecular weight excluding hydrogens is 350 g/mol. The summed E-state index contributed by atoms with van der Waals surface area (Å²) in [4.78, 5) is 49.4. The van der Waals surface area contributed by atoms with Gasteiger partial charge in [-0.25, -0.2) is 4.79 Å². The van der Waals surface area contributed by atoms with Gasteiger partial charge in [0.1, 0.15) is 0 Å². The lowest BCUT2D eigenvalue weighted by Crippen LogP contribution is -2.46. The summed E-state index contributed by atoms with van der Waals surface area (Å²) in [5, 5.41) is 1.92. The molecule has 0 aromatic heterocycles. The van der Waals surface area contributed by atoms with Gasteiger partial charge in [-0.1, -0.05) is 26.0 Å². The Labute approximate surface area is 158 Å². The summed E-state index contributed by atoms with van der Waals surface area (Å²) in [5.41, 5.74) is 7.74. The quantitative estimate of drug-likeness (QED) is 0.755. The highest BCUT2D eigenvalue weighted by molar-refractivity contribution is 6.01. The molecule has 1 aliphatic heterocycles. The van der Waals surface area contributed by atoms with Crippen LogP contribution in [0.25, 0.3) is 0 Å². The predicted molar refractivity (Wildman–Crippen MR) is 98.8 cm³/mol. The van der Waals surface area contributed by atoms with Crippen molar-refractivity contribution in [2.75, 3.05) is 11.4 Å². The molecule has 0 unspecified atom stereocenters. The second kappa shape index (κ2) is 8.20. The van der Waals surface area contributed by atoms with Crippen molar-refractivity contribution in [3.63, 3.8) is 0 Å². The first-order valence-electron chi connectivity index (χ1n) is 8.79. The first-order chi connectivity index (χ1) is 12.6. The lowest BCUT2D eigenvalue weighted by molar-refractivity contribution is -0.161. The van der Waals surface area contributed by atoms with Gasteiger partial charge in [0, 0.05) is 18.7 Å². The van der Waals surface area contributed by atoms with Gasteiger partial charge in [0.25, 0.3) is 5.91 Å². The molecule has 8 nitrogen and oxygen atoms in total. The summed E-state index contributed by atoms with van der Waals surface area (Å²) in [6.07, 6.45) is -1.15. The van der Waals surface area contributed by atoms with Crippen LogP contribution in [0.1, 0.15) is 31.4 Å². The number of nitrogens with one attached hydrogen (secondary N) is 1. The van der Waals surface area contributed by atoms with Gasteiger partial charge >= 0.3 is 12.0 Å². The van der Waals surface area contributed by atoms with E-state index in [1.54, 1.807) is 18.7 Å². The van der Waals surface area contributed by atoms with E-state index in [1.807, 2.05) is 37.4 Å². The second-order valence-corrected chi connectivity index (χ2v) is 7.08. The Balaban J connectivity index is 2.11. The van der Waals surface area contributed by atoms with Gasteiger partial charge in [-0.15, -0.1) is 0 Å². The number of carbonyl (C=O) groups is 4. The minimum absolute atomic E-state index is 0.00840. The number of ether oxygens (including phenoxy) is 1. The second-order valence-electron chi connectivity index (χ2n) is 7.08. The molecular formula is C19H25N3O5. The molecule has 1 aromatic rings. The van der Waals surface area contributed by atoms with E-state index in [0.717, 1.165) is 16.8 Å². The van der Waals surface area contributed by atoms with Crippen LogP contribution in [-0.2, 0) is 19.1 Å². The summed E-state index contributed by atoms with van der Waals surface area (Å²) in [7, 11) is 0.